The lowest BCUT2D eigenvalue weighted by molar-refractivity contribution is -0.131. The Balaban J connectivity index is 1.61. The fourth-order valence-corrected chi connectivity index (χ4v) is 3.51. The van der Waals surface area contributed by atoms with E-state index in [1.807, 2.05) is 11.8 Å². The smallest absolute Gasteiger partial charge is 0.241 e. The predicted octanol–water partition coefficient (Wildman–Crippen LogP) is 2.45. The molecule has 6 nitrogen and oxygen atoms in total. The number of ether oxygens (including phenoxy) is 1. The van der Waals surface area contributed by atoms with E-state index in [4.69, 9.17) is 4.74 Å². The van der Waals surface area contributed by atoms with E-state index in [9.17, 15) is 4.79 Å². The van der Waals surface area contributed by atoms with Gasteiger partial charge in [0.15, 0.2) is 5.96 Å². The van der Waals surface area contributed by atoms with Crippen molar-refractivity contribution in [2.45, 2.75) is 39.0 Å². The first-order valence-corrected chi connectivity index (χ1v) is 10.6. The third-order valence-corrected chi connectivity index (χ3v) is 5.18. The fourth-order valence-electron chi connectivity index (χ4n) is 3.51. The molecule has 1 aromatic rings. The van der Waals surface area contributed by atoms with Crippen LogP contribution in [0, 0.1) is 5.92 Å². The summed E-state index contributed by atoms with van der Waals surface area (Å²) < 4.78 is 5.33. The number of likely N-dealkylation sites (tertiary alicyclic amines) is 1. The van der Waals surface area contributed by atoms with Gasteiger partial charge in [0.25, 0.3) is 0 Å². The van der Waals surface area contributed by atoms with Crippen molar-refractivity contribution in [2.75, 3.05) is 46.4 Å². The average Bonchev–Trinajstić information content (AvgIpc) is 2.74. The van der Waals surface area contributed by atoms with E-state index >= 15 is 0 Å². The normalized spacial score (nSPS) is 15.5. The summed E-state index contributed by atoms with van der Waals surface area (Å²) in [7, 11) is 1.73. The molecule has 1 fully saturated rings. The molecule has 0 bridgehead atoms. The molecule has 0 aliphatic carbocycles. The Morgan fingerprint density at radius 2 is 1.93 bits per heavy atom. The number of carbonyl (C=O) groups is 1. The zero-order valence-electron chi connectivity index (χ0n) is 17.5. The minimum Gasteiger partial charge on any atom is -0.382 e. The number of unbranched alkanes of at least 4 members (excludes halogenated alkanes) is 1. The van der Waals surface area contributed by atoms with Gasteiger partial charge in [0, 0.05) is 39.9 Å². The van der Waals surface area contributed by atoms with Crippen LogP contribution in [0.4, 0.5) is 0 Å². The highest BCUT2D eigenvalue weighted by molar-refractivity contribution is 5.86. The van der Waals surface area contributed by atoms with Crippen LogP contribution in [0.25, 0.3) is 0 Å². The molecule has 1 aromatic carbocycles. The summed E-state index contributed by atoms with van der Waals surface area (Å²) in [5.41, 5.74) is 1.39. The topological polar surface area (TPSA) is 66.0 Å². The van der Waals surface area contributed by atoms with Gasteiger partial charge in [0.2, 0.25) is 5.91 Å². The molecule has 6 heteroatoms. The van der Waals surface area contributed by atoms with Crippen molar-refractivity contribution in [2.24, 2.45) is 10.9 Å². The number of nitrogens with zero attached hydrogens (tertiary/aromatic N) is 2. The number of hydrogen-bond donors (Lipinski definition) is 2. The van der Waals surface area contributed by atoms with Crippen LogP contribution < -0.4 is 10.6 Å². The summed E-state index contributed by atoms with van der Waals surface area (Å²) in [6.45, 7) is 6.38. The number of nitrogens with one attached hydrogen (secondary N) is 2. The van der Waals surface area contributed by atoms with Crippen LogP contribution in [0.5, 0.6) is 0 Å². The Kier molecular flexibility index (Phi) is 10.4. The third-order valence-electron chi connectivity index (χ3n) is 5.18. The van der Waals surface area contributed by atoms with Gasteiger partial charge < -0.3 is 20.3 Å². The minimum atomic E-state index is 0.150. The maximum absolute atomic E-state index is 12.5. The number of carbonyl (C=O) groups excluding carboxylic acids is 1. The molecule has 1 aliphatic heterocycles. The molecule has 0 saturated carbocycles. The van der Waals surface area contributed by atoms with Crippen molar-refractivity contribution in [3.05, 3.63) is 35.9 Å². The lowest BCUT2D eigenvalue weighted by Crippen LogP contribution is -2.47. The standard InChI is InChI=1S/C22H36N4O2/c1-3-28-16-8-7-13-24-22(23-2)25-18-21(27)26-14-11-20(12-15-26)17-19-9-5-4-6-10-19/h4-6,9-10,20H,3,7-8,11-18H2,1-2H3,(H2,23,24,25). The van der Waals surface area contributed by atoms with E-state index in [-0.39, 0.29) is 5.91 Å². The van der Waals surface area contributed by atoms with Crippen molar-refractivity contribution in [1.29, 1.82) is 0 Å². The average molecular weight is 389 g/mol. The first kappa shape index (κ1) is 22.2. The second-order valence-electron chi connectivity index (χ2n) is 7.27. The van der Waals surface area contributed by atoms with Gasteiger partial charge in [-0.05, 0) is 50.5 Å². The van der Waals surface area contributed by atoms with E-state index < -0.39 is 0 Å². The van der Waals surface area contributed by atoms with Gasteiger partial charge in [-0.15, -0.1) is 0 Å². The Labute approximate surface area is 169 Å². The molecule has 0 radical (unpaired) electrons. The monoisotopic (exact) mass is 388 g/mol. The Morgan fingerprint density at radius 3 is 2.61 bits per heavy atom. The van der Waals surface area contributed by atoms with E-state index in [0.29, 0.717) is 18.4 Å². The quantitative estimate of drug-likeness (QED) is 0.367. The number of piperidine rings is 1. The van der Waals surface area contributed by atoms with Crippen molar-refractivity contribution in [3.63, 3.8) is 0 Å². The highest BCUT2D eigenvalue weighted by atomic mass is 16.5. The van der Waals surface area contributed by atoms with Crippen LogP contribution in [-0.2, 0) is 16.0 Å². The number of hydrogen-bond acceptors (Lipinski definition) is 3. The molecule has 28 heavy (non-hydrogen) atoms. The van der Waals surface area contributed by atoms with E-state index in [2.05, 4.69) is 46.0 Å². The van der Waals surface area contributed by atoms with Gasteiger partial charge in [-0.3, -0.25) is 9.79 Å². The molecule has 1 aliphatic rings. The first-order chi connectivity index (χ1) is 13.7. The lowest BCUT2D eigenvalue weighted by atomic mass is 9.90. The second-order valence-corrected chi connectivity index (χ2v) is 7.27. The van der Waals surface area contributed by atoms with Crippen LogP contribution in [0.3, 0.4) is 0 Å². The van der Waals surface area contributed by atoms with E-state index in [1.165, 1.54) is 5.56 Å². The maximum atomic E-state index is 12.5. The van der Waals surface area contributed by atoms with Gasteiger partial charge in [0.05, 0.1) is 6.54 Å². The molecule has 0 aromatic heterocycles. The van der Waals surface area contributed by atoms with Crippen molar-refractivity contribution in [1.82, 2.24) is 15.5 Å². The summed E-state index contributed by atoms with van der Waals surface area (Å²) in [6, 6.07) is 10.6. The highest BCUT2D eigenvalue weighted by Crippen LogP contribution is 2.21. The summed E-state index contributed by atoms with van der Waals surface area (Å²) in [6.07, 6.45) is 5.31. The number of guanidine groups is 1. The van der Waals surface area contributed by atoms with Crippen LogP contribution in [0.15, 0.2) is 35.3 Å². The third kappa shape index (κ3) is 8.30. The molecule has 0 spiro atoms. The summed E-state index contributed by atoms with van der Waals surface area (Å²) >= 11 is 0. The molecule has 2 rings (SSSR count). The van der Waals surface area contributed by atoms with E-state index in [1.54, 1.807) is 7.05 Å². The lowest BCUT2D eigenvalue weighted by Gasteiger charge is -2.32. The predicted molar refractivity (Wildman–Crippen MR) is 115 cm³/mol. The number of rotatable bonds is 10. The van der Waals surface area contributed by atoms with Crippen molar-refractivity contribution >= 4 is 11.9 Å². The summed E-state index contributed by atoms with van der Waals surface area (Å²) in [4.78, 5) is 18.7. The molecule has 1 heterocycles. The van der Waals surface area contributed by atoms with Gasteiger partial charge in [-0.1, -0.05) is 30.3 Å². The zero-order chi connectivity index (χ0) is 20.0. The largest absolute Gasteiger partial charge is 0.382 e. The molecule has 156 valence electrons. The fraction of sp³-hybridized carbons (Fsp3) is 0.636. The van der Waals surface area contributed by atoms with Gasteiger partial charge in [0.1, 0.15) is 0 Å². The van der Waals surface area contributed by atoms with Gasteiger partial charge in [-0.2, -0.15) is 0 Å². The zero-order valence-corrected chi connectivity index (χ0v) is 17.5. The summed E-state index contributed by atoms with van der Waals surface area (Å²) in [5.74, 6) is 1.51. The minimum absolute atomic E-state index is 0.150. The molecule has 1 saturated heterocycles. The molecule has 0 atom stereocenters. The molecular formula is C22H36N4O2. The second kappa shape index (κ2) is 13.2. The van der Waals surface area contributed by atoms with Crippen LogP contribution in [0.2, 0.25) is 0 Å². The number of aliphatic imine (C=N–C) groups is 1. The molecule has 2 N–H and O–H groups in total. The van der Waals surface area contributed by atoms with Crippen LogP contribution in [0.1, 0.15) is 38.2 Å². The van der Waals surface area contributed by atoms with Crippen molar-refractivity contribution in [3.8, 4) is 0 Å². The van der Waals surface area contributed by atoms with Crippen molar-refractivity contribution < 1.29 is 9.53 Å². The maximum Gasteiger partial charge on any atom is 0.241 e. The molecular weight excluding hydrogens is 352 g/mol. The Hall–Kier alpha value is -2.08. The number of benzene rings is 1. The highest BCUT2D eigenvalue weighted by Gasteiger charge is 2.22. The van der Waals surface area contributed by atoms with Crippen LogP contribution >= 0.6 is 0 Å². The van der Waals surface area contributed by atoms with E-state index in [0.717, 1.165) is 65.0 Å². The first-order valence-electron chi connectivity index (χ1n) is 10.6. The van der Waals surface area contributed by atoms with Gasteiger partial charge >= 0.3 is 0 Å². The number of amides is 1. The SMILES string of the molecule is CCOCCCCNC(=NC)NCC(=O)N1CCC(Cc2ccccc2)CC1. The van der Waals surface area contributed by atoms with Gasteiger partial charge in [-0.25, -0.2) is 0 Å². The Bertz CT molecular complexity index is 583. The molecule has 1 amide bonds. The van der Waals surface area contributed by atoms with Crippen LogP contribution in [-0.4, -0.2) is 63.2 Å². The Morgan fingerprint density at radius 1 is 1.18 bits per heavy atom. The summed E-state index contributed by atoms with van der Waals surface area (Å²) in [5, 5.41) is 6.39. The molecule has 0 unspecified atom stereocenters.